The van der Waals surface area contributed by atoms with Crippen LogP contribution < -0.4 is 0 Å². The zero-order valence-electron chi connectivity index (χ0n) is 12.3. The van der Waals surface area contributed by atoms with Crippen LogP contribution in [0.15, 0.2) is 0 Å². The van der Waals surface area contributed by atoms with E-state index in [1.54, 1.807) is 13.8 Å². The molecule has 0 aromatic carbocycles. The van der Waals surface area contributed by atoms with Gasteiger partial charge in [-0.1, -0.05) is 20.8 Å². The van der Waals surface area contributed by atoms with E-state index in [1.165, 1.54) is 0 Å². The molecule has 1 unspecified atom stereocenters. The average Bonchev–Trinajstić information content (AvgIpc) is 2.11. The summed E-state index contributed by atoms with van der Waals surface area (Å²) in [6, 6.07) is 2.30. The fraction of sp³-hybridized carbons (Fsp3) is 0.857. The van der Waals surface area contributed by atoms with Crippen LogP contribution in [0.3, 0.4) is 0 Å². The van der Waals surface area contributed by atoms with Crippen LogP contribution in [0.5, 0.6) is 0 Å². The number of hydrogen-bond acceptors (Lipinski definition) is 4. The number of carboxylic acid groups (broad SMARTS) is 1. The molecule has 1 aliphatic heterocycles. The molecule has 0 saturated carbocycles. The van der Waals surface area contributed by atoms with Crippen molar-refractivity contribution in [1.29, 1.82) is 5.26 Å². The van der Waals surface area contributed by atoms with Crippen molar-refractivity contribution in [3.63, 3.8) is 0 Å². The first-order chi connectivity index (χ1) is 8.55. The summed E-state index contributed by atoms with van der Waals surface area (Å²) in [6.45, 7) is 9.47. The Balaban J connectivity index is 2.89. The molecule has 1 fully saturated rings. The van der Waals surface area contributed by atoms with E-state index in [2.05, 4.69) is 6.07 Å². The minimum absolute atomic E-state index is 0.0639. The molecule has 1 aliphatic rings. The smallest absolute Gasteiger partial charge is 0.305 e. The van der Waals surface area contributed by atoms with Gasteiger partial charge in [0.2, 0.25) is 0 Å². The van der Waals surface area contributed by atoms with Crippen molar-refractivity contribution < 1.29 is 19.4 Å². The van der Waals surface area contributed by atoms with Crippen molar-refractivity contribution >= 4 is 5.97 Å². The lowest BCUT2D eigenvalue weighted by Crippen LogP contribution is -2.49. The topological polar surface area (TPSA) is 79.5 Å². The van der Waals surface area contributed by atoms with Gasteiger partial charge < -0.3 is 14.6 Å². The van der Waals surface area contributed by atoms with Crippen LogP contribution in [0.1, 0.15) is 47.5 Å². The first-order valence-electron chi connectivity index (χ1n) is 6.52. The Hall–Kier alpha value is -1.12. The molecular formula is C14H23NO4. The lowest BCUT2D eigenvalue weighted by atomic mass is 9.76. The SMILES string of the molecule is CC1(C)O[C@@H](CC(=O)O)C[C@H](C(C#N)C(C)(C)C)O1. The maximum Gasteiger partial charge on any atom is 0.305 e. The van der Waals surface area contributed by atoms with Crippen LogP contribution >= 0.6 is 0 Å². The normalized spacial score (nSPS) is 28.4. The van der Waals surface area contributed by atoms with Crippen molar-refractivity contribution in [2.45, 2.75) is 65.5 Å². The van der Waals surface area contributed by atoms with Crippen LogP contribution in [-0.4, -0.2) is 29.1 Å². The first kappa shape index (κ1) is 15.9. The van der Waals surface area contributed by atoms with Crippen LogP contribution in [0.4, 0.5) is 0 Å². The molecule has 5 nitrogen and oxygen atoms in total. The quantitative estimate of drug-likeness (QED) is 0.851. The molecule has 0 amide bonds. The Labute approximate surface area is 114 Å². The summed E-state index contributed by atoms with van der Waals surface area (Å²) < 4.78 is 11.4. The molecule has 5 heteroatoms. The summed E-state index contributed by atoms with van der Waals surface area (Å²) in [7, 11) is 0. The molecule has 1 rings (SSSR count). The molecule has 0 radical (unpaired) electrons. The van der Waals surface area contributed by atoms with E-state index in [4.69, 9.17) is 14.6 Å². The molecular weight excluding hydrogens is 246 g/mol. The monoisotopic (exact) mass is 269 g/mol. The molecule has 3 atom stereocenters. The fourth-order valence-electron chi connectivity index (χ4n) is 2.51. The maximum absolute atomic E-state index is 10.8. The number of carboxylic acids is 1. The van der Waals surface area contributed by atoms with Gasteiger partial charge in [0, 0.05) is 6.42 Å². The van der Waals surface area contributed by atoms with E-state index in [9.17, 15) is 10.1 Å². The van der Waals surface area contributed by atoms with Gasteiger partial charge in [-0.25, -0.2) is 0 Å². The third-order valence-electron chi connectivity index (χ3n) is 3.23. The summed E-state index contributed by atoms with van der Waals surface area (Å²) in [5, 5.41) is 18.3. The highest BCUT2D eigenvalue weighted by molar-refractivity contribution is 5.67. The van der Waals surface area contributed by atoms with E-state index in [0.29, 0.717) is 6.42 Å². The van der Waals surface area contributed by atoms with E-state index < -0.39 is 17.9 Å². The van der Waals surface area contributed by atoms with Gasteiger partial charge in [-0.2, -0.15) is 5.26 Å². The Bertz CT molecular complexity index is 378. The third-order valence-corrected chi connectivity index (χ3v) is 3.23. The largest absolute Gasteiger partial charge is 0.481 e. The minimum Gasteiger partial charge on any atom is -0.481 e. The fourth-order valence-corrected chi connectivity index (χ4v) is 2.51. The second-order valence-electron chi connectivity index (χ2n) is 6.60. The standard InChI is InChI=1S/C14H23NO4/c1-13(2,3)10(8-15)11-6-9(7-12(16)17)18-14(4,5)19-11/h9-11H,6-7H2,1-5H3,(H,16,17)/t9-,10?,11-/m1/s1. The van der Waals surface area contributed by atoms with Crippen molar-refractivity contribution in [2.75, 3.05) is 0 Å². The highest BCUT2D eigenvalue weighted by Gasteiger charge is 2.43. The van der Waals surface area contributed by atoms with Gasteiger partial charge in [0.25, 0.3) is 0 Å². The molecule has 19 heavy (non-hydrogen) atoms. The number of nitrogens with zero attached hydrogens (tertiary/aromatic N) is 1. The Morgan fingerprint density at radius 2 is 2.05 bits per heavy atom. The molecule has 0 aromatic heterocycles. The van der Waals surface area contributed by atoms with Gasteiger partial charge in [-0.3, -0.25) is 4.79 Å². The van der Waals surface area contributed by atoms with E-state index in [0.717, 1.165) is 0 Å². The number of aliphatic carboxylic acids is 1. The van der Waals surface area contributed by atoms with Crippen LogP contribution in [0, 0.1) is 22.7 Å². The molecule has 1 heterocycles. The first-order valence-corrected chi connectivity index (χ1v) is 6.52. The highest BCUT2D eigenvalue weighted by atomic mass is 16.7. The predicted molar refractivity (Wildman–Crippen MR) is 69.3 cm³/mol. The summed E-state index contributed by atoms with van der Waals surface area (Å²) in [5.74, 6) is -2.05. The zero-order valence-corrected chi connectivity index (χ0v) is 12.3. The van der Waals surface area contributed by atoms with Gasteiger partial charge in [0.1, 0.15) is 0 Å². The third kappa shape index (κ3) is 4.48. The Kier molecular flexibility index (Phi) is 4.59. The van der Waals surface area contributed by atoms with Gasteiger partial charge in [-0.15, -0.1) is 0 Å². The second-order valence-corrected chi connectivity index (χ2v) is 6.60. The highest BCUT2D eigenvalue weighted by Crippen LogP contribution is 2.38. The molecule has 1 saturated heterocycles. The lowest BCUT2D eigenvalue weighted by molar-refractivity contribution is -0.308. The number of rotatable bonds is 3. The zero-order chi connectivity index (χ0) is 14.8. The Morgan fingerprint density at radius 3 is 2.47 bits per heavy atom. The van der Waals surface area contributed by atoms with Gasteiger partial charge in [0.15, 0.2) is 5.79 Å². The van der Waals surface area contributed by atoms with Crippen molar-refractivity contribution in [2.24, 2.45) is 11.3 Å². The number of ether oxygens (including phenoxy) is 2. The minimum atomic E-state index is -0.897. The van der Waals surface area contributed by atoms with Crippen LogP contribution in [0.25, 0.3) is 0 Å². The van der Waals surface area contributed by atoms with Crippen LogP contribution in [0.2, 0.25) is 0 Å². The van der Waals surface area contributed by atoms with Crippen molar-refractivity contribution in [1.82, 2.24) is 0 Å². The second kappa shape index (κ2) is 5.48. The van der Waals surface area contributed by atoms with E-state index in [1.807, 2.05) is 20.8 Å². The predicted octanol–water partition coefficient (Wildman–Crippen LogP) is 2.56. The summed E-state index contributed by atoms with van der Waals surface area (Å²) in [5.41, 5.74) is -0.222. The molecule has 0 aromatic rings. The molecule has 108 valence electrons. The van der Waals surface area contributed by atoms with Crippen molar-refractivity contribution in [3.8, 4) is 6.07 Å². The average molecular weight is 269 g/mol. The molecule has 0 aliphatic carbocycles. The molecule has 0 bridgehead atoms. The number of carbonyl (C=O) groups is 1. The van der Waals surface area contributed by atoms with E-state index in [-0.39, 0.29) is 23.9 Å². The van der Waals surface area contributed by atoms with Crippen LogP contribution in [-0.2, 0) is 14.3 Å². The van der Waals surface area contributed by atoms with Gasteiger partial charge in [-0.05, 0) is 19.3 Å². The Morgan fingerprint density at radius 1 is 1.47 bits per heavy atom. The maximum atomic E-state index is 10.8. The van der Waals surface area contributed by atoms with Gasteiger partial charge in [0.05, 0.1) is 30.6 Å². The summed E-state index contributed by atoms with van der Waals surface area (Å²) >= 11 is 0. The summed E-state index contributed by atoms with van der Waals surface area (Å²) in [4.78, 5) is 10.8. The summed E-state index contributed by atoms with van der Waals surface area (Å²) in [6.07, 6.45) is -0.348. The van der Waals surface area contributed by atoms with Gasteiger partial charge >= 0.3 is 5.97 Å². The number of nitriles is 1. The van der Waals surface area contributed by atoms with E-state index >= 15 is 0 Å². The molecule has 0 spiro atoms. The molecule has 1 N–H and O–H groups in total. The number of hydrogen-bond donors (Lipinski definition) is 1. The lowest BCUT2D eigenvalue weighted by Gasteiger charge is -2.44. The van der Waals surface area contributed by atoms with Crippen molar-refractivity contribution in [3.05, 3.63) is 0 Å².